The average Bonchev–Trinajstić information content (AvgIpc) is 2.92. The van der Waals surface area contributed by atoms with Gasteiger partial charge in [-0.05, 0) is 22.4 Å². The first-order valence-corrected chi connectivity index (χ1v) is 7.36. The van der Waals surface area contributed by atoms with E-state index in [9.17, 15) is 5.26 Å². The van der Waals surface area contributed by atoms with E-state index in [0.29, 0.717) is 11.3 Å². The maximum atomic E-state index is 9.44. The molecule has 0 fully saturated rings. The normalized spacial score (nSPS) is 12.7. The van der Waals surface area contributed by atoms with Crippen LogP contribution in [0.25, 0.3) is 11.3 Å². The number of hydrogen-bond donors (Lipinski definition) is 1. The van der Waals surface area contributed by atoms with Crippen LogP contribution in [0.1, 0.15) is 36.8 Å². The van der Waals surface area contributed by atoms with Gasteiger partial charge in [0.15, 0.2) is 0 Å². The number of nitriles is 1. The minimum atomic E-state index is -0.0166. The molecular formula is C17H18N2S. The van der Waals surface area contributed by atoms with Gasteiger partial charge in [-0.2, -0.15) is 5.26 Å². The molecule has 0 unspecified atom stereocenters. The molecule has 2 N–H and O–H groups in total. The summed E-state index contributed by atoms with van der Waals surface area (Å²) in [6, 6.07) is 14.1. The molecule has 0 bridgehead atoms. The lowest BCUT2D eigenvalue weighted by Crippen LogP contribution is -2.16. The first-order valence-electron chi connectivity index (χ1n) is 6.48. The number of allylic oxidation sites excluding steroid dienone is 1. The molecule has 20 heavy (non-hydrogen) atoms. The van der Waals surface area contributed by atoms with Gasteiger partial charge in [0.05, 0.1) is 11.3 Å². The lowest BCUT2D eigenvalue weighted by Gasteiger charge is -2.23. The molecule has 0 aliphatic heterocycles. The highest BCUT2D eigenvalue weighted by molar-refractivity contribution is 7.11. The Morgan fingerprint density at radius 3 is 2.40 bits per heavy atom. The summed E-state index contributed by atoms with van der Waals surface area (Å²) in [6.45, 7) is 6.45. The highest BCUT2D eigenvalue weighted by atomic mass is 32.1. The Balaban J connectivity index is 2.65. The van der Waals surface area contributed by atoms with Crippen molar-refractivity contribution in [2.24, 2.45) is 5.73 Å². The number of nitrogens with two attached hydrogens (primary N) is 1. The zero-order chi connectivity index (χ0) is 14.8. The van der Waals surface area contributed by atoms with Crippen LogP contribution in [0, 0.1) is 11.3 Å². The number of rotatable bonds is 2. The molecule has 102 valence electrons. The van der Waals surface area contributed by atoms with Crippen LogP contribution >= 0.6 is 11.3 Å². The molecule has 0 saturated heterocycles. The van der Waals surface area contributed by atoms with E-state index in [1.54, 1.807) is 0 Å². The molecule has 0 amide bonds. The largest absolute Gasteiger partial charge is 0.397 e. The van der Waals surface area contributed by atoms with Crippen LogP contribution in [0.2, 0.25) is 0 Å². The van der Waals surface area contributed by atoms with Crippen molar-refractivity contribution >= 4 is 22.6 Å². The molecule has 2 aromatic rings. The SMILES string of the molecule is CC(C)(C)c1ccccc1/C(N)=C(/C#N)c1cccs1. The van der Waals surface area contributed by atoms with E-state index >= 15 is 0 Å². The third-order valence-corrected chi connectivity index (χ3v) is 4.06. The second-order valence-corrected chi connectivity index (χ2v) is 6.62. The molecule has 1 heterocycles. The fraction of sp³-hybridized carbons (Fsp3) is 0.235. The zero-order valence-corrected chi connectivity index (χ0v) is 12.8. The number of thiophene rings is 1. The van der Waals surface area contributed by atoms with Crippen LogP contribution in [0.5, 0.6) is 0 Å². The summed E-state index contributed by atoms with van der Waals surface area (Å²) in [7, 11) is 0. The Labute approximate surface area is 124 Å². The third-order valence-electron chi connectivity index (χ3n) is 3.17. The Hall–Kier alpha value is -2.05. The Morgan fingerprint density at radius 1 is 1.15 bits per heavy atom. The summed E-state index contributed by atoms with van der Waals surface area (Å²) in [5, 5.41) is 11.4. The molecule has 2 nitrogen and oxygen atoms in total. The minimum Gasteiger partial charge on any atom is -0.397 e. The molecule has 1 aromatic carbocycles. The van der Waals surface area contributed by atoms with Gasteiger partial charge in [0, 0.05) is 10.4 Å². The molecule has 1 aromatic heterocycles. The van der Waals surface area contributed by atoms with Gasteiger partial charge in [-0.1, -0.05) is 51.1 Å². The molecule has 3 heteroatoms. The standard InChI is InChI=1S/C17H18N2S/c1-17(2,3)14-8-5-4-7-12(14)16(19)13(11-18)15-9-6-10-20-15/h4-10H,19H2,1-3H3/b16-13+. The van der Waals surface area contributed by atoms with Gasteiger partial charge in [0.2, 0.25) is 0 Å². The predicted molar refractivity (Wildman–Crippen MR) is 86.1 cm³/mol. The van der Waals surface area contributed by atoms with Gasteiger partial charge < -0.3 is 5.73 Å². The molecule has 2 rings (SSSR count). The maximum absolute atomic E-state index is 9.44. The van der Waals surface area contributed by atoms with E-state index in [1.165, 1.54) is 11.3 Å². The first-order chi connectivity index (χ1) is 9.45. The molecule has 0 aliphatic rings. The molecule has 0 saturated carbocycles. The third kappa shape index (κ3) is 2.76. The summed E-state index contributed by atoms with van der Waals surface area (Å²) in [5.41, 5.74) is 9.50. The first kappa shape index (κ1) is 14.4. The molecule has 0 spiro atoms. The van der Waals surface area contributed by atoms with Crippen molar-refractivity contribution in [1.29, 1.82) is 5.26 Å². The Bertz CT molecular complexity index is 668. The van der Waals surface area contributed by atoms with Crippen molar-refractivity contribution in [2.45, 2.75) is 26.2 Å². The van der Waals surface area contributed by atoms with Crippen LogP contribution in [0.15, 0.2) is 41.8 Å². The summed E-state index contributed by atoms with van der Waals surface area (Å²) >= 11 is 1.53. The van der Waals surface area contributed by atoms with Crippen molar-refractivity contribution in [3.63, 3.8) is 0 Å². The van der Waals surface area contributed by atoms with Gasteiger partial charge in [-0.15, -0.1) is 11.3 Å². The summed E-state index contributed by atoms with van der Waals surface area (Å²) in [5.74, 6) is 0. The lowest BCUT2D eigenvalue weighted by atomic mass is 9.82. The molecule has 0 radical (unpaired) electrons. The fourth-order valence-electron chi connectivity index (χ4n) is 2.18. The second kappa shape index (κ2) is 5.52. The van der Waals surface area contributed by atoms with Crippen molar-refractivity contribution in [2.75, 3.05) is 0 Å². The van der Waals surface area contributed by atoms with Crippen LogP contribution in [0.3, 0.4) is 0 Å². The number of benzene rings is 1. The predicted octanol–water partition coefficient (Wildman–Crippen LogP) is 4.40. The van der Waals surface area contributed by atoms with Crippen molar-refractivity contribution in [3.8, 4) is 6.07 Å². The number of hydrogen-bond acceptors (Lipinski definition) is 3. The Morgan fingerprint density at radius 2 is 1.85 bits per heavy atom. The van der Waals surface area contributed by atoms with Gasteiger partial charge in [-0.3, -0.25) is 0 Å². The van der Waals surface area contributed by atoms with Gasteiger partial charge >= 0.3 is 0 Å². The quantitative estimate of drug-likeness (QED) is 0.830. The minimum absolute atomic E-state index is 0.0166. The van der Waals surface area contributed by atoms with Gasteiger partial charge in [-0.25, -0.2) is 0 Å². The van der Waals surface area contributed by atoms with Crippen LogP contribution in [-0.2, 0) is 5.41 Å². The van der Waals surface area contributed by atoms with E-state index in [4.69, 9.17) is 5.73 Å². The van der Waals surface area contributed by atoms with Crippen molar-refractivity contribution in [1.82, 2.24) is 0 Å². The van der Waals surface area contributed by atoms with Crippen molar-refractivity contribution < 1.29 is 0 Å². The highest BCUT2D eigenvalue weighted by Gasteiger charge is 2.20. The number of nitrogens with zero attached hydrogens (tertiary/aromatic N) is 1. The summed E-state index contributed by atoms with van der Waals surface area (Å²) < 4.78 is 0. The Kier molecular flexibility index (Phi) is 3.96. The van der Waals surface area contributed by atoms with E-state index in [1.807, 2.05) is 35.7 Å². The smallest absolute Gasteiger partial charge is 0.103 e. The van der Waals surface area contributed by atoms with Crippen LogP contribution in [0.4, 0.5) is 0 Å². The van der Waals surface area contributed by atoms with E-state index in [-0.39, 0.29) is 5.41 Å². The average molecular weight is 282 g/mol. The van der Waals surface area contributed by atoms with Crippen LogP contribution < -0.4 is 5.73 Å². The zero-order valence-electron chi connectivity index (χ0n) is 12.0. The van der Waals surface area contributed by atoms with Gasteiger partial charge in [0.1, 0.15) is 6.07 Å². The fourth-order valence-corrected chi connectivity index (χ4v) is 2.91. The monoisotopic (exact) mass is 282 g/mol. The van der Waals surface area contributed by atoms with Crippen molar-refractivity contribution in [3.05, 3.63) is 57.8 Å². The van der Waals surface area contributed by atoms with E-state index in [0.717, 1.165) is 16.0 Å². The molecule has 0 atom stereocenters. The lowest BCUT2D eigenvalue weighted by molar-refractivity contribution is 0.588. The topological polar surface area (TPSA) is 49.8 Å². The maximum Gasteiger partial charge on any atom is 0.103 e. The van der Waals surface area contributed by atoms with Crippen LogP contribution in [-0.4, -0.2) is 0 Å². The van der Waals surface area contributed by atoms with Gasteiger partial charge in [0.25, 0.3) is 0 Å². The van der Waals surface area contributed by atoms with E-state index in [2.05, 4.69) is 32.9 Å². The van der Waals surface area contributed by atoms with E-state index < -0.39 is 0 Å². The highest BCUT2D eigenvalue weighted by Crippen LogP contribution is 2.32. The molecular weight excluding hydrogens is 264 g/mol. The second-order valence-electron chi connectivity index (χ2n) is 5.67. The molecule has 0 aliphatic carbocycles. The summed E-state index contributed by atoms with van der Waals surface area (Å²) in [6.07, 6.45) is 0. The summed E-state index contributed by atoms with van der Waals surface area (Å²) in [4.78, 5) is 0.911.